The lowest BCUT2D eigenvalue weighted by molar-refractivity contribution is 0.339. The maximum atomic E-state index is 10.2. The predicted octanol–water partition coefficient (Wildman–Crippen LogP) is 3.86. The van der Waals surface area contributed by atoms with E-state index in [4.69, 9.17) is 9.84 Å². The molecule has 3 aromatic heterocycles. The highest BCUT2D eigenvalue weighted by Gasteiger charge is 2.27. The first-order valence-corrected chi connectivity index (χ1v) is 9.86. The van der Waals surface area contributed by atoms with E-state index in [1.165, 1.54) is 0 Å². The van der Waals surface area contributed by atoms with E-state index in [-0.39, 0.29) is 5.92 Å². The summed E-state index contributed by atoms with van der Waals surface area (Å²) in [4.78, 5) is 11.2. The third-order valence-corrected chi connectivity index (χ3v) is 5.21. The van der Waals surface area contributed by atoms with Crippen molar-refractivity contribution in [3.8, 4) is 5.75 Å². The van der Waals surface area contributed by atoms with Crippen LogP contribution in [0.4, 0.5) is 17.3 Å². The third kappa shape index (κ3) is 3.83. The minimum atomic E-state index is 0.151. The molecule has 0 amide bonds. The number of hydrogen-bond donors (Lipinski definition) is 2. The smallest absolute Gasteiger partial charge is 0.177 e. The number of fused-ring (bicyclic) bond motifs is 1. The SMILES string of the molecule is CC/C=C(/O)C1CCN(c2cc(Nc3ccc(OC)c(C)n3)c3nccn3n2)C1. The summed E-state index contributed by atoms with van der Waals surface area (Å²) in [7, 11) is 1.64. The molecule has 1 aliphatic rings. The topological polar surface area (TPSA) is 87.8 Å². The summed E-state index contributed by atoms with van der Waals surface area (Å²) in [5.74, 6) is 2.94. The zero-order valence-corrected chi connectivity index (χ0v) is 17.0. The van der Waals surface area contributed by atoms with Crippen molar-refractivity contribution in [1.29, 1.82) is 0 Å². The Bertz CT molecular complexity index is 1040. The van der Waals surface area contributed by atoms with E-state index >= 15 is 0 Å². The van der Waals surface area contributed by atoms with Gasteiger partial charge in [-0.1, -0.05) is 6.92 Å². The van der Waals surface area contributed by atoms with Gasteiger partial charge in [-0.25, -0.2) is 14.5 Å². The van der Waals surface area contributed by atoms with Crippen molar-refractivity contribution >= 4 is 23.0 Å². The van der Waals surface area contributed by atoms with Gasteiger partial charge in [-0.3, -0.25) is 0 Å². The number of rotatable bonds is 6. The molecule has 8 heteroatoms. The summed E-state index contributed by atoms with van der Waals surface area (Å²) >= 11 is 0. The Hall–Kier alpha value is -3.29. The van der Waals surface area contributed by atoms with Gasteiger partial charge in [0.1, 0.15) is 11.6 Å². The van der Waals surface area contributed by atoms with Gasteiger partial charge in [0.05, 0.1) is 24.3 Å². The zero-order valence-electron chi connectivity index (χ0n) is 17.0. The molecular weight excluding hydrogens is 368 g/mol. The van der Waals surface area contributed by atoms with Crippen LogP contribution in [0, 0.1) is 12.8 Å². The Morgan fingerprint density at radius 3 is 3.03 bits per heavy atom. The molecule has 0 aliphatic carbocycles. The van der Waals surface area contributed by atoms with Gasteiger partial charge in [-0.05, 0) is 38.0 Å². The fraction of sp³-hybridized carbons (Fsp3) is 0.381. The van der Waals surface area contributed by atoms with Gasteiger partial charge in [0.15, 0.2) is 11.5 Å². The first-order chi connectivity index (χ1) is 14.1. The van der Waals surface area contributed by atoms with Crippen molar-refractivity contribution in [3.05, 3.63) is 48.1 Å². The average molecular weight is 394 g/mol. The molecule has 1 aliphatic heterocycles. The van der Waals surface area contributed by atoms with Gasteiger partial charge >= 0.3 is 0 Å². The number of hydrogen-bond acceptors (Lipinski definition) is 7. The molecule has 0 aromatic carbocycles. The maximum absolute atomic E-state index is 10.2. The molecule has 2 N–H and O–H groups in total. The first-order valence-electron chi connectivity index (χ1n) is 9.86. The Balaban J connectivity index is 1.63. The number of aliphatic hydroxyl groups is 1. The number of nitrogens with zero attached hydrogens (tertiary/aromatic N) is 5. The molecule has 3 aromatic rings. The number of anilines is 3. The molecule has 0 spiro atoms. The molecule has 4 rings (SSSR count). The van der Waals surface area contributed by atoms with Crippen LogP contribution in [0.1, 0.15) is 25.5 Å². The van der Waals surface area contributed by atoms with E-state index in [9.17, 15) is 5.11 Å². The summed E-state index contributed by atoms with van der Waals surface area (Å²) in [6, 6.07) is 5.76. The molecular formula is C21H26N6O2. The molecule has 4 heterocycles. The Morgan fingerprint density at radius 1 is 1.41 bits per heavy atom. The lowest BCUT2D eigenvalue weighted by Crippen LogP contribution is -2.22. The number of nitrogens with one attached hydrogen (secondary N) is 1. The van der Waals surface area contributed by atoms with Crippen molar-refractivity contribution in [3.63, 3.8) is 0 Å². The van der Waals surface area contributed by atoms with Crippen molar-refractivity contribution in [2.75, 3.05) is 30.4 Å². The maximum Gasteiger partial charge on any atom is 0.177 e. The number of methoxy groups -OCH3 is 1. The molecule has 1 fully saturated rings. The molecule has 0 radical (unpaired) electrons. The van der Waals surface area contributed by atoms with Crippen LogP contribution in [0.15, 0.2) is 42.4 Å². The van der Waals surface area contributed by atoms with Crippen LogP contribution < -0.4 is 15.0 Å². The number of aliphatic hydroxyl groups excluding tert-OH is 1. The molecule has 29 heavy (non-hydrogen) atoms. The molecule has 8 nitrogen and oxygen atoms in total. The number of aryl methyl sites for hydroxylation is 1. The summed E-state index contributed by atoms with van der Waals surface area (Å²) in [5, 5.41) is 18.3. The molecule has 1 atom stereocenters. The highest BCUT2D eigenvalue weighted by atomic mass is 16.5. The zero-order chi connectivity index (χ0) is 20.4. The second-order valence-corrected chi connectivity index (χ2v) is 7.19. The highest BCUT2D eigenvalue weighted by molar-refractivity contribution is 5.75. The van der Waals surface area contributed by atoms with Crippen molar-refractivity contribution in [2.45, 2.75) is 26.7 Å². The number of imidazole rings is 1. The third-order valence-electron chi connectivity index (χ3n) is 5.21. The number of aromatic nitrogens is 4. The standard InChI is InChI=1S/C21H26N6O2/c1-4-5-17(28)15-8-10-26(13-15)20-12-16(21-22-9-11-27(21)25-20)24-19-7-6-18(29-3)14(2)23-19/h5-7,9,11-12,15,28H,4,8,10,13H2,1-3H3,(H,23,24)/b17-5+. The van der Waals surface area contributed by atoms with Crippen molar-refractivity contribution in [1.82, 2.24) is 19.6 Å². The molecule has 152 valence electrons. The summed E-state index contributed by atoms with van der Waals surface area (Å²) < 4.78 is 7.06. The second-order valence-electron chi connectivity index (χ2n) is 7.19. The highest BCUT2D eigenvalue weighted by Crippen LogP contribution is 2.30. The van der Waals surface area contributed by atoms with E-state index in [1.807, 2.05) is 44.3 Å². The Labute approximate surface area is 169 Å². The Kier molecular flexibility index (Phi) is 5.24. The number of ether oxygens (including phenoxy) is 1. The largest absolute Gasteiger partial charge is 0.512 e. The fourth-order valence-corrected chi connectivity index (χ4v) is 3.71. The summed E-state index contributed by atoms with van der Waals surface area (Å²) in [5.41, 5.74) is 2.37. The Morgan fingerprint density at radius 2 is 2.28 bits per heavy atom. The van der Waals surface area contributed by atoms with Crippen LogP contribution in [0.2, 0.25) is 0 Å². The van der Waals surface area contributed by atoms with Gasteiger partial charge in [0, 0.05) is 37.5 Å². The number of pyridine rings is 1. The summed E-state index contributed by atoms with van der Waals surface area (Å²) in [6.45, 7) is 5.53. The lowest BCUT2D eigenvalue weighted by Gasteiger charge is -2.19. The minimum Gasteiger partial charge on any atom is -0.512 e. The average Bonchev–Trinajstić information content (AvgIpc) is 3.38. The van der Waals surface area contributed by atoms with Crippen LogP contribution in [-0.2, 0) is 0 Å². The van der Waals surface area contributed by atoms with Gasteiger partial charge in [0.2, 0.25) is 0 Å². The van der Waals surface area contributed by atoms with Gasteiger partial charge in [-0.15, -0.1) is 5.10 Å². The molecule has 0 saturated carbocycles. The normalized spacial score (nSPS) is 17.1. The van der Waals surface area contributed by atoms with E-state index in [0.29, 0.717) is 11.6 Å². The van der Waals surface area contributed by atoms with Crippen LogP contribution in [0.3, 0.4) is 0 Å². The van der Waals surface area contributed by atoms with Crippen LogP contribution in [0.5, 0.6) is 5.75 Å². The van der Waals surface area contributed by atoms with Crippen LogP contribution in [-0.4, -0.2) is 44.9 Å². The van der Waals surface area contributed by atoms with E-state index in [1.54, 1.807) is 17.8 Å². The monoisotopic (exact) mass is 394 g/mol. The van der Waals surface area contributed by atoms with Gasteiger partial charge < -0.3 is 20.1 Å². The number of allylic oxidation sites excluding steroid dienone is 1. The van der Waals surface area contributed by atoms with E-state index in [2.05, 4.69) is 20.2 Å². The van der Waals surface area contributed by atoms with Crippen LogP contribution >= 0.6 is 0 Å². The van der Waals surface area contributed by atoms with Gasteiger partial charge in [0.25, 0.3) is 0 Å². The predicted molar refractivity (Wildman–Crippen MR) is 113 cm³/mol. The molecule has 0 bridgehead atoms. The second kappa shape index (κ2) is 7.98. The van der Waals surface area contributed by atoms with Crippen molar-refractivity contribution < 1.29 is 9.84 Å². The fourth-order valence-electron chi connectivity index (χ4n) is 3.71. The van der Waals surface area contributed by atoms with Gasteiger partial charge in [-0.2, -0.15) is 0 Å². The molecule has 1 unspecified atom stereocenters. The lowest BCUT2D eigenvalue weighted by atomic mass is 10.1. The quantitative estimate of drug-likeness (QED) is 0.614. The summed E-state index contributed by atoms with van der Waals surface area (Å²) in [6.07, 6.45) is 7.20. The van der Waals surface area contributed by atoms with E-state index < -0.39 is 0 Å². The van der Waals surface area contributed by atoms with Crippen molar-refractivity contribution in [2.24, 2.45) is 5.92 Å². The van der Waals surface area contributed by atoms with Crippen LogP contribution in [0.25, 0.3) is 5.65 Å². The minimum absolute atomic E-state index is 0.151. The van der Waals surface area contributed by atoms with E-state index in [0.717, 1.165) is 54.5 Å². The first kappa shape index (κ1) is 19.0. The molecule has 1 saturated heterocycles.